The van der Waals surface area contributed by atoms with E-state index in [-0.39, 0.29) is 79.4 Å². The Labute approximate surface area is 614 Å². The first-order valence-corrected chi connectivity index (χ1v) is 35.1. The van der Waals surface area contributed by atoms with Gasteiger partial charge in [0.05, 0.1) is 34.6 Å². The van der Waals surface area contributed by atoms with Crippen LogP contribution in [0.3, 0.4) is 0 Å². The van der Waals surface area contributed by atoms with Crippen LogP contribution in [0, 0.1) is 17.8 Å². The van der Waals surface area contributed by atoms with Gasteiger partial charge in [-0.3, -0.25) is 72.1 Å². The number of nitrogens with zero attached hydrogens (tertiary/aromatic N) is 13. The minimum atomic E-state index is -0.930. The Morgan fingerprint density at radius 2 is 0.971 bits per heavy atom. The summed E-state index contributed by atoms with van der Waals surface area (Å²) in [5, 5.41) is 12.7. The molecule has 0 radical (unpaired) electrons. The molecule has 3 aliphatic rings. The number of imide groups is 3. The highest BCUT2D eigenvalue weighted by Crippen LogP contribution is 2.39. The van der Waals surface area contributed by atoms with Crippen LogP contribution in [0.5, 0.6) is 0 Å². The van der Waals surface area contributed by atoms with E-state index in [2.05, 4.69) is 25.1 Å². The van der Waals surface area contributed by atoms with Crippen LogP contribution in [0.15, 0.2) is 170 Å². The lowest BCUT2D eigenvalue weighted by Crippen LogP contribution is -2.69. The number of thiophene rings is 1. The molecule has 9 aromatic rings. The molecule has 0 saturated carbocycles. The highest BCUT2D eigenvalue weighted by molar-refractivity contribution is 7.14. The van der Waals surface area contributed by atoms with Crippen molar-refractivity contribution in [3.05, 3.63) is 218 Å². The number of benzene rings is 3. The van der Waals surface area contributed by atoms with Gasteiger partial charge >= 0.3 is 0 Å². The van der Waals surface area contributed by atoms with Gasteiger partial charge in [0.1, 0.15) is 35.6 Å². The topological polar surface area (TPSA) is 325 Å². The molecule has 534 valence electrons. The number of pyridine rings is 3. The summed E-state index contributed by atoms with van der Waals surface area (Å²) in [6.45, 7) is 1.99. The van der Waals surface area contributed by atoms with Crippen molar-refractivity contribution < 1.29 is 43.2 Å². The lowest BCUT2D eigenvalue weighted by Gasteiger charge is -2.46. The minimum absolute atomic E-state index is 0.0814. The van der Waals surface area contributed by atoms with Gasteiger partial charge in [-0.2, -0.15) is 10.2 Å². The van der Waals surface area contributed by atoms with Gasteiger partial charge in [0.25, 0.3) is 17.7 Å². The molecule has 103 heavy (non-hydrogen) atoms. The summed E-state index contributed by atoms with van der Waals surface area (Å²) < 4.78 is 3.16. The summed E-state index contributed by atoms with van der Waals surface area (Å²) in [5.41, 5.74) is 23.0. The third-order valence-electron chi connectivity index (χ3n) is 18.3. The number of aryl methyl sites for hydroxylation is 4. The summed E-state index contributed by atoms with van der Waals surface area (Å²) in [7, 11) is 8.36. The molecular weight excluding hydrogens is 1400 g/mol. The van der Waals surface area contributed by atoms with Crippen LogP contribution >= 0.6 is 46.1 Å². The molecule has 6 N–H and O–H groups in total. The molecule has 9 heterocycles. The molecule has 12 rings (SSSR count). The van der Waals surface area contributed by atoms with E-state index in [9.17, 15) is 43.2 Å². The van der Waals surface area contributed by atoms with Crippen LogP contribution in [0.2, 0.25) is 15.1 Å². The average Bonchev–Trinajstić information content (AvgIpc) is 1.15. The number of likely N-dealkylation sites (N-methyl/N-ethyl adjacent to an activating group) is 3. The van der Waals surface area contributed by atoms with E-state index in [4.69, 9.17) is 52.0 Å². The van der Waals surface area contributed by atoms with Crippen molar-refractivity contribution in [3.8, 4) is 0 Å². The van der Waals surface area contributed by atoms with Crippen molar-refractivity contribution in [1.29, 1.82) is 0 Å². The number of rotatable bonds is 22. The van der Waals surface area contributed by atoms with Gasteiger partial charge in [0.2, 0.25) is 35.4 Å². The zero-order valence-corrected chi connectivity index (χ0v) is 60.4. The van der Waals surface area contributed by atoms with Crippen molar-refractivity contribution in [2.45, 2.75) is 88.8 Å². The fraction of sp³-hybridized carbons (Fsp3) is 0.297. The highest BCUT2D eigenvalue weighted by Gasteiger charge is 2.57. The largest absolute Gasteiger partial charge is 0.384 e. The van der Waals surface area contributed by atoms with Crippen LogP contribution in [0.4, 0.5) is 34.0 Å². The third-order valence-corrected chi connectivity index (χ3v) is 20.0. The fourth-order valence-electron chi connectivity index (χ4n) is 12.8. The van der Waals surface area contributed by atoms with Crippen LogP contribution < -0.4 is 31.9 Å². The number of carbonyl (C=O) groups excluding carboxylic acids is 9. The Bertz CT molecular complexity index is 4420. The fourth-order valence-corrected chi connectivity index (χ4v) is 14.1. The normalized spacial score (nSPS) is 17.6. The number of β-lactam (4-membered cyclic amide) rings is 3. The van der Waals surface area contributed by atoms with Gasteiger partial charge in [-0.1, -0.05) is 78.1 Å². The molecule has 6 aromatic heterocycles. The van der Waals surface area contributed by atoms with Crippen molar-refractivity contribution in [1.82, 2.24) is 49.2 Å². The number of hydrogen-bond acceptors (Lipinski definition) is 18. The quantitative estimate of drug-likeness (QED) is 0.0533. The van der Waals surface area contributed by atoms with Gasteiger partial charge in [0.15, 0.2) is 5.82 Å². The second-order valence-corrected chi connectivity index (χ2v) is 27.6. The van der Waals surface area contributed by atoms with Gasteiger partial charge in [-0.05, 0) is 168 Å². The Morgan fingerprint density at radius 1 is 0.524 bits per heavy atom. The van der Waals surface area contributed by atoms with Gasteiger partial charge in [-0.25, -0.2) is 15.0 Å². The number of amides is 9. The second kappa shape index (κ2) is 33.4. The molecule has 0 spiro atoms. The SMILES string of the molecule is CC[C@@H](CC(=O)N1C(=O)[C@H](Cc2ccnc(N)c2)[C@H]1C(=O)N(C)c1cccs1)c1cccc(Cl)c1.CN(C(=O)[C@@H]1[C@@H](Cc2ccnc(N)c2)C(=O)N1C(=O)CCc1cccc(Cl)c1)c1ccn(C)n1.CN(C(=O)[C@@H]1[C@@H](Cc2ccnc(N)c2)C(=O)N1C(=O)CCc1cccc(Cl)c1)c1cnn(C)c1. The predicted molar refractivity (Wildman–Crippen MR) is 394 cm³/mol. The summed E-state index contributed by atoms with van der Waals surface area (Å²) in [4.78, 5) is 139. The molecule has 0 aliphatic carbocycles. The molecule has 29 heteroatoms. The summed E-state index contributed by atoms with van der Waals surface area (Å²) in [6.07, 6.45) is 12.3. The smallest absolute Gasteiger partial charge is 0.252 e. The number of nitrogen functional groups attached to an aromatic ring is 3. The second-order valence-electron chi connectivity index (χ2n) is 25.3. The molecule has 25 nitrogen and oxygen atoms in total. The first-order valence-electron chi connectivity index (χ1n) is 33.1. The van der Waals surface area contributed by atoms with Crippen molar-refractivity contribution in [2.24, 2.45) is 31.8 Å². The predicted octanol–water partition coefficient (Wildman–Crippen LogP) is 9.01. The Morgan fingerprint density at radius 3 is 1.37 bits per heavy atom. The standard InChI is InChI=1S/C26H27ClN4O3S.2C24H25ClN6O3/c1-3-17(18-6-4-7-19(27)14-18)15-22(32)31-24(26(34)30(2)23-8-5-11-35-23)20(25(31)33)12-16-9-10-29-21(28)13-16;1-29-11-9-20(28-29)30(2)24(34)22-18(13-16-8-10-27-19(26)14-16)23(33)31(22)21(32)7-6-15-4-3-5-17(25)12-15;1-29-14-18(13-28-29)30(2)24(34)22-19(11-16-8-9-27-20(26)12-16)23(33)31(22)21(32)7-6-15-4-3-5-17(25)10-15/h4-11,13-14,17,20,24H,3,12,15H2,1-2H3,(H2,28,29);3-5,8-12,14,18,22H,6-7,13H2,1-2H3,(H2,26,27);3-5,8-10,12-14,19,22H,6-7,11H2,1-2H3,(H2,26,27)/t17-,20+,24-;18-,22+;19-,22+/m011/s1. The number of likely N-dealkylation sites (tertiary alicyclic amines) is 3. The Hall–Kier alpha value is -10.7. The number of halogens is 3. The molecule has 3 saturated heterocycles. The number of nitrogens with two attached hydrogens (primary N) is 3. The molecule has 3 aromatic carbocycles. The van der Waals surface area contributed by atoms with Crippen LogP contribution in [0.1, 0.15) is 71.9 Å². The third kappa shape index (κ3) is 17.8. The molecule has 7 atom stereocenters. The van der Waals surface area contributed by atoms with E-state index in [0.29, 0.717) is 69.7 Å². The van der Waals surface area contributed by atoms with Gasteiger partial charge in [0, 0.05) is 107 Å². The Balaban J connectivity index is 0.000000166. The number of carbonyl (C=O) groups is 9. The first-order chi connectivity index (χ1) is 49.3. The number of aromatic nitrogens is 7. The van der Waals surface area contributed by atoms with E-state index in [1.54, 1.807) is 155 Å². The summed E-state index contributed by atoms with van der Waals surface area (Å²) in [5.74, 6) is -3.95. The van der Waals surface area contributed by atoms with Crippen LogP contribution in [-0.2, 0) is 89.4 Å². The van der Waals surface area contributed by atoms with Crippen molar-refractivity contribution in [3.63, 3.8) is 0 Å². The molecule has 3 aliphatic heterocycles. The molecule has 3 fully saturated rings. The molecule has 9 amide bonds. The van der Waals surface area contributed by atoms with Crippen LogP contribution in [-0.4, -0.2) is 142 Å². The van der Waals surface area contributed by atoms with E-state index in [1.807, 2.05) is 66.9 Å². The zero-order valence-electron chi connectivity index (χ0n) is 57.3. The lowest BCUT2D eigenvalue weighted by atomic mass is 9.80. The lowest BCUT2D eigenvalue weighted by molar-refractivity contribution is -0.171. The maximum absolute atomic E-state index is 13.6. The molecule has 0 bridgehead atoms. The molecular formula is C74H77Cl3N16O9S. The highest BCUT2D eigenvalue weighted by atomic mass is 35.5. The van der Waals surface area contributed by atoms with Crippen molar-refractivity contribution >= 4 is 133 Å². The average molecular weight is 1470 g/mol. The zero-order chi connectivity index (χ0) is 73.9. The van der Waals surface area contributed by atoms with E-state index >= 15 is 0 Å². The van der Waals surface area contributed by atoms with E-state index in [0.717, 1.165) is 53.1 Å². The van der Waals surface area contributed by atoms with Gasteiger partial charge in [-0.15, -0.1) is 11.3 Å². The van der Waals surface area contributed by atoms with Crippen LogP contribution in [0.25, 0.3) is 0 Å². The van der Waals surface area contributed by atoms with Crippen molar-refractivity contribution in [2.75, 3.05) is 53.0 Å². The number of hydrogen-bond donors (Lipinski definition) is 3. The molecule has 0 unspecified atom stereocenters. The summed E-state index contributed by atoms with van der Waals surface area (Å²) in [6, 6.07) is 34.8. The Kier molecular flexibility index (Phi) is 24.3. The van der Waals surface area contributed by atoms with E-state index < -0.39 is 47.7 Å². The van der Waals surface area contributed by atoms with E-state index in [1.165, 1.54) is 26.0 Å². The monoisotopic (exact) mass is 1470 g/mol. The maximum Gasteiger partial charge on any atom is 0.252 e. The van der Waals surface area contributed by atoms with Gasteiger partial charge < -0.3 is 27.0 Å². The first kappa shape index (κ1) is 75.0. The maximum atomic E-state index is 13.6. The number of anilines is 6. The minimum Gasteiger partial charge on any atom is -0.384 e. The summed E-state index contributed by atoms with van der Waals surface area (Å²) >= 11 is 19.6.